The average molecular weight is 140 g/mol. The van der Waals surface area contributed by atoms with Gasteiger partial charge in [0, 0.05) is 0 Å². The first-order chi connectivity index (χ1) is 4.72. The third-order valence-corrected chi connectivity index (χ3v) is 2.10. The largest absolute Gasteiger partial charge is 0.0999 e. The van der Waals surface area contributed by atoms with E-state index in [1.165, 1.54) is 31.3 Å². The van der Waals surface area contributed by atoms with Crippen molar-refractivity contribution in [1.29, 1.82) is 0 Å². The van der Waals surface area contributed by atoms with E-state index >= 15 is 0 Å². The molecule has 0 nitrogen and oxygen atoms in total. The van der Waals surface area contributed by atoms with E-state index in [4.69, 9.17) is 0 Å². The Morgan fingerprint density at radius 1 is 1.40 bits per heavy atom. The maximum atomic E-state index is 3.98. The third-order valence-electron chi connectivity index (χ3n) is 2.10. The summed E-state index contributed by atoms with van der Waals surface area (Å²) in [5.74, 6) is 0.778. The highest BCUT2D eigenvalue weighted by molar-refractivity contribution is 4.94. The molecule has 10 heavy (non-hydrogen) atoms. The van der Waals surface area contributed by atoms with Gasteiger partial charge in [-0.3, -0.25) is 0 Å². The summed E-state index contributed by atoms with van der Waals surface area (Å²) < 4.78 is 0. The van der Waals surface area contributed by atoms with E-state index in [1.807, 2.05) is 0 Å². The Kier molecular flexibility index (Phi) is 5.38. The number of hydrogen-bond acceptors (Lipinski definition) is 0. The molecule has 0 heteroatoms. The molecule has 0 aromatic carbocycles. The van der Waals surface area contributed by atoms with Crippen LogP contribution >= 0.6 is 0 Å². The molecule has 0 saturated carbocycles. The Bertz CT molecular complexity index is 92.2. The molecular formula is C10H20. The van der Waals surface area contributed by atoms with E-state index in [-0.39, 0.29) is 0 Å². The van der Waals surface area contributed by atoms with Gasteiger partial charge in [0.15, 0.2) is 0 Å². The Morgan fingerprint density at radius 2 is 2.00 bits per heavy atom. The first-order valence-corrected chi connectivity index (χ1v) is 4.37. The zero-order valence-electron chi connectivity index (χ0n) is 7.61. The summed E-state index contributed by atoms with van der Waals surface area (Å²) in [6, 6.07) is 0. The van der Waals surface area contributed by atoms with Crippen molar-refractivity contribution >= 4 is 0 Å². The van der Waals surface area contributed by atoms with Crippen LogP contribution in [-0.4, -0.2) is 0 Å². The van der Waals surface area contributed by atoms with E-state index in [1.54, 1.807) is 0 Å². The zero-order chi connectivity index (χ0) is 7.98. The van der Waals surface area contributed by atoms with Crippen molar-refractivity contribution in [3.05, 3.63) is 12.2 Å². The maximum Gasteiger partial charge on any atom is -0.0211 e. The van der Waals surface area contributed by atoms with Crippen LogP contribution in [0.4, 0.5) is 0 Å². The molecule has 1 atom stereocenters. The molecule has 0 aromatic heterocycles. The van der Waals surface area contributed by atoms with Crippen LogP contribution in [0.15, 0.2) is 12.2 Å². The van der Waals surface area contributed by atoms with Crippen molar-refractivity contribution in [1.82, 2.24) is 0 Å². The lowest BCUT2D eigenvalue weighted by Crippen LogP contribution is -1.98. The monoisotopic (exact) mass is 140 g/mol. The zero-order valence-corrected chi connectivity index (χ0v) is 7.61. The van der Waals surface area contributed by atoms with Crippen LogP contribution in [0.1, 0.15) is 46.5 Å². The Balaban J connectivity index is 3.50. The van der Waals surface area contributed by atoms with Gasteiger partial charge in [0.2, 0.25) is 0 Å². The third kappa shape index (κ3) is 3.71. The van der Waals surface area contributed by atoms with Gasteiger partial charge in [0.1, 0.15) is 0 Å². The molecule has 0 saturated heterocycles. The molecule has 0 aliphatic heterocycles. The van der Waals surface area contributed by atoms with E-state index in [0.29, 0.717) is 0 Å². The molecular weight excluding hydrogens is 120 g/mol. The SMILES string of the molecule is C=C(C)[C@@H](CC)CCCC. The summed E-state index contributed by atoms with van der Waals surface area (Å²) in [6.45, 7) is 10.6. The first-order valence-electron chi connectivity index (χ1n) is 4.37. The van der Waals surface area contributed by atoms with Gasteiger partial charge in [0.05, 0.1) is 0 Å². The second kappa shape index (κ2) is 5.52. The van der Waals surface area contributed by atoms with Crippen LogP contribution in [-0.2, 0) is 0 Å². The predicted molar refractivity (Wildman–Crippen MR) is 48.1 cm³/mol. The Morgan fingerprint density at radius 3 is 2.30 bits per heavy atom. The molecule has 0 heterocycles. The summed E-state index contributed by atoms with van der Waals surface area (Å²) in [5, 5.41) is 0. The van der Waals surface area contributed by atoms with Crippen LogP contribution in [0.3, 0.4) is 0 Å². The molecule has 0 aliphatic carbocycles. The van der Waals surface area contributed by atoms with Gasteiger partial charge in [-0.2, -0.15) is 0 Å². The smallest absolute Gasteiger partial charge is 0.0211 e. The standard InChI is InChI=1S/C10H20/c1-5-7-8-10(6-2)9(3)4/h10H,3,5-8H2,1-2,4H3/t10-/m0/s1. The molecule has 0 bridgehead atoms. The fourth-order valence-corrected chi connectivity index (χ4v) is 1.25. The highest BCUT2D eigenvalue weighted by atomic mass is 14.1. The van der Waals surface area contributed by atoms with Gasteiger partial charge in [-0.1, -0.05) is 38.8 Å². The minimum Gasteiger partial charge on any atom is -0.0999 e. The minimum absolute atomic E-state index is 0.778. The summed E-state index contributed by atoms with van der Waals surface area (Å²) in [4.78, 5) is 0. The summed E-state index contributed by atoms with van der Waals surface area (Å²) >= 11 is 0. The summed E-state index contributed by atoms with van der Waals surface area (Å²) in [5.41, 5.74) is 1.36. The second-order valence-corrected chi connectivity index (χ2v) is 3.09. The van der Waals surface area contributed by atoms with Gasteiger partial charge in [-0.25, -0.2) is 0 Å². The normalized spacial score (nSPS) is 13.1. The summed E-state index contributed by atoms with van der Waals surface area (Å²) in [7, 11) is 0. The highest BCUT2D eigenvalue weighted by Crippen LogP contribution is 2.19. The van der Waals surface area contributed by atoms with Gasteiger partial charge >= 0.3 is 0 Å². The molecule has 0 rings (SSSR count). The molecule has 0 spiro atoms. The van der Waals surface area contributed by atoms with Crippen molar-refractivity contribution in [3.63, 3.8) is 0 Å². The molecule has 0 fully saturated rings. The van der Waals surface area contributed by atoms with Crippen molar-refractivity contribution in [3.8, 4) is 0 Å². The lowest BCUT2D eigenvalue weighted by Gasteiger charge is -2.13. The molecule has 0 amide bonds. The van der Waals surface area contributed by atoms with Crippen molar-refractivity contribution in [2.24, 2.45) is 5.92 Å². The Labute approximate surface area is 65.3 Å². The minimum atomic E-state index is 0.778. The fourth-order valence-electron chi connectivity index (χ4n) is 1.25. The van der Waals surface area contributed by atoms with E-state index < -0.39 is 0 Å². The lowest BCUT2D eigenvalue weighted by atomic mass is 9.93. The van der Waals surface area contributed by atoms with E-state index in [0.717, 1.165) is 5.92 Å². The van der Waals surface area contributed by atoms with Gasteiger partial charge in [-0.15, -0.1) is 0 Å². The highest BCUT2D eigenvalue weighted by Gasteiger charge is 2.04. The van der Waals surface area contributed by atoms with E-state index in [9.17, 15) is 0 Å². The summed E-state index contributed by atoms with van der Waals surface area (Å²) in [6.07, 6.45) is 5.26. The molecule has 0 radical (unpaired) electrons. The number of hydrogen-bond donors (Lipinski definition) is 0. The van der Waals surface area contributed by atoms with Gasteiger partial charge in [0.25, 0.3) is 0 Å². The van der Waals surface area contributed by atoms with Crippen LogP contribution in [0, 0.1) is 5.92 Å². The number of allylic oxidation sites excluding steroid dienone is 1. The topological polar surface area (TPSA) is 0 Å². The second-order valence-electron chi connectivity index (χ2n) is 3.09. The molecule has 0 unspecified atom stereocenters. The van der Waals surface area contributed by atoms with Gasteiger partial charge in [-0.05, 0) is 25.7 Å². The quantitative estimate of drug-likeness (QED) is 0.510. The molecule has 0 aromatic rings. The number of unbranched alkanes of at least 4 members (excludes halogenated alkanes) is 1. The lowest BCUT2D eigenvalue weighted by molar-refractivity contribution is 0.516. The van der Waals surface area contributed by atoms with Crippen molar-refractivity contribution in [2.45, 2.75) is 46.5 Å². The van der Waals surface area contributed by atoms with Crippen LogP contribution in [0.25, 0.3) is 0 Å². The molecule has 0 aliphatic rings. The van der Waals surface area contributed by atoms with Crippen molar-refractivity contribution in [2.75, 3.05) is 0 Å². The maximum absolute atomic E-state index is 3.98. The molecule has 0 N–H and O–H groups in total. The molecule has 60 valence electrons. The first kappa shape index (κ1) is 9.74. The van der Waals surface area contributed by atoms with Crippen molar-refractivity contribution < 1.29 is 0 Å². The number of rotatable bonds is 5. The van der Waals surface area contributed by atoms with Crippen LogP contribution in [0.5, 0.6) is 0 Å². The predicted octanol–water partition coefficient (Wildman–Crippen LogP) is 3.78. The van der Waals surface area contributed by atoms with Gasteiger partial charge < -0.3 is 0 Å². The Hall–Kier alpha value is -0.260. The average Bonchev–Trinajstić information content (AvgIpc) is 1.89. The van der Waals surface area contributed by atoms with Crippen LogP contribution < -0.4 is 0 Å². The van der Waals surface area contributed by atoms with E-state index in [2.05, 4.69) is 27.4 Å². The fraction of sp³-hybridized carbons (Fsp3) is 0.800. The van der Waals surface area contributed by atoms with Crippen LogP contribution in [0.2, 0.25) is 0 Å².